The van der Waals surface area contributed by atoms with Gasteiger partial charge < -0.3 is 4.74 Å². The molecule has 1 aromatic carbocycles. The summed E-state index contributed by atoms with van der Waals surface area (Å²) in [5.74, 6) is -1.06. The third kappa shape index (κ3) is 2.76. The Morgan fingerprint density at radius 3 is 2.11 bits per heavy atom. The molecule has 1 saturated carbocycles. The van der Waals surface area contributed by atoms with Gasteiger partial charge in [0.2, 0.25) is 21.8 Å². The normalized spacial score (nSPS) is 23.3. The topological polar surface area (TPSA) is 101 Å². The largest absolute Gasteiger partial charge is 0.463 e. The number of carbonyl (C=O) groups is 3. The van der Waals surface area contributed by atoms with Crippen LogP contribution in [-0.4, -0.2) is 49.2 Å². The average molecular weight is 392 g/mol. The first kappa shape index (κ1) is 18.1. The van der Waals surface area contributed by atoms with Crippen molar-refractivity contribution in [3.8, 4) is 0 Å². The van der Waals surface area contributed by atoms with Gasteiger partial charge in [0.15, 0.2) is 0 Å². The van der Waals surface area contributed by atoms with Crippen molar-refractivity contribution in [2.24, 2.45) is 0 Å². The molecule has 2 aliphatic heterocycles. The molecule has 1 spiro atoms. The lowest BCUT2D eigenvalue weighted by Crippen LogP contribution is -2.60. The van der Waals surface area contributed by atoms with E-state index < -0.39 is 21.5 Å². The van der Waals surface area contributed by atoms with Crippen molar-refractivity contribution in [2.75, 3.05) is 18.1 Å². The molecule has 3 fully saturated rings. The number of amides is 2. The second kappa shape index (κ2) is 6.42. The van der Waals surface area contributed by atoms with Gasteiger partial charge in [-0.3, -0.25) is 19.3 Å². The highest BCUT2D eigenvalue weighted by Crippen LogP contribution is 2.41. The highest BCUT2D eigenvalue weighted by Gasteiger charge is 2.54. The van der Waals surface area contributed by atoms with Gasteiger partial charge in [-0.25, -0.2) is 8.42 Å². The SMILES string of the molecule is O=C1CCC(=O)N1c1ccc(S(=O)(=O)N2CCOC(=O)C23CCCC3)cc1. The molecule has 1 aliphatic carbocycles. The van der Waals surface area contributed by atoms with E-state index in [0.717, 1.165) is 17.7 Å². The lowest BCUT2D eigenvalue weighted by Gasteiger charge is -2.41. The molecular weight excluding hydrogens is 372 g/mol. The fourth-order valence-electron chi connectivity index (χ4n) is 4.19. The highest BCUT2D eigenvalue weighted by atomic mass is 32.2. The third-order valence-electron chi connectivity index (χ3n) is 5.55. The van der Waals surface area contributed by atoms with Crippen LogP contribution in [0.25, 0.3) is 0 Å². The quantitative estimate of drug-likeness (QED) is 0.566. The molecule has 2 amide bonds. The van der Waals surface area contributed by atoms with E-state index in [1.165, 1.54) is 28.6 Å². The zero-order valence-corrected chi connectivity index (χ0v) is 15.5. The predicted molar refractivity (Wildman–Crippen MR) is 94.2 cm³/mol. The van der Waals surface area contributed by atoms with Crippen molar-refractivity contribution >= 4 is 33.5 Å². The van der Waals surface area contributed by atoms with Crippen LogP contribution in [0.5, 0.6) is 0 Å². The number of esters is 1. The monoisotopic (exact) mass is 392 g/mol. The standard InChI is InChI=1S/C18H20N2O6S/c21-15-7-8-16(22)20(15)13-3-5-14(6-4-13)27(24,25)19-11-12-26-17(23)18(19)9-1-2-10-18/h3-6H,1-2,7-12H2. The van der Waals surface area contributed by atoms with Crippen LogP contribution in [0.2, 0.25) is 0 Å². The molecule has 0 bridgehead atoms. The second-order valence-electron chi connectivity index (χ2n) is 7.07. The van der Waals surface area contributed by atoms with Crippen molar-refractivity contribution in [1.82, 2.24) is 4.31 Å². The molecule has 27 heavy (non-hydrogen) atoms. The minimum Gasteiger partial charge on any atom is -0.463 e. The molecule has 0 unspecified atom stereocenters. The number of sulfonamides is 1. The van der Waals surface area contributed by atoms with Crippen molar-refractivity contribution < 1.29 is 27.5 Å². The van der Waals surface area contributed by atoms with E-state index in [4.69, 9.17) is 4.74 Å². The van der Waals surface area contributed by atoms with Gasteiger partial charge >= 0.3 is 5.97 Å². The number of benzene rings is 1. The third-order valence-corrected chi connectivity index (χ3v) is 7.53. The van der Waals surface area contributed by atoms with Gasteiger partial charge in [0, 0.05) is 19.4 Å². The Balaban J connectivity index is 1.67. The highest BCUT2D eigenvalue weighted by molar-refractivity contribution is 7.89. The molecular formula is C18H20N2O6S. The fourth-order valence-corrected chi connectivity index (χ4v) is 5.96. The van der Waals surface area contributed by atoms with Crippen LogP contribution < -0.4 is 4.90 Å². The van der Waals surface area contributed by atoms with E-state index in [-0.39, 0.29) is 42.7 Å². The van der Waals surface area contributed by atoms with Crippen LogP contribution in [0.4, 0.5) is 5.69 Å². The fraction of sp³-hybridized carbons (Fsp3) is 0.500. The number of imide groups is 1. The zero-order valence-electron chi connectivity index (χ0n) is 14.7. The summed E-state index contributed by atoms with van der Waals surface area (Å²) in [4.78, 5) is 37.2. The summed E-state index contributed by atoms with van der Waals surface area (Å²) >= 11 is 0. The van der Waals surface area contributed by atoms with Gasteiger partial charge in [0.1, 0.15) is 12.1 Å². The Labute approximate surface area is 157 Å². The summed E-state index contributed by atoms with van der Waals surface area (Å²) in [5.41, 5.74) is -0.758. The van der Waals surface area contributed by atoms with Crippen molar-refractivity contribution in [2.45, 2.75) is 49.0 Å². The molecule has 2 saturated heterocycles. The molecule has 9 heteroatoms. The van der Waals surface area contributed by atoms with Gasteiger partial charge in [-0.05, 0) is 37.1 Å². The number of ether oxygens (including phenoxy) is 1. The van der Waals surface area contributed by atoms with Crippen LogP contribution in [0.3, 0.4) is 0 Å². The van der Waals surface area contributed by atoms with Gasteiger partial charge in [0.05, 0.1) is 10.6 Å². The van der Waals surface area contributed by atoms with Crippen LogP contribution in [0.1, 0.15) is 38.5 Å². The molecule has 0 radical (unpaired) electrons. The summed E-state index contributed by atoms with van der Waals surface area (Å²) in [6.45, 7) is 0.160. The summed E-state index contributed by atoms with van der Waals surface area (Å²) in [6.07, 6.45) is 2.80. The Morgan fingerprint density at radius 1 is 0.926 bits per heavy atom. The number of nitrogens with zero attached hydrogens (tertiary/aromatic N) is 2. The molecule has 144 valence electrons. The molecule has 3 aliphatic rings. The Kier molecular flexibility index (Phi) is 4.31. The lowest BCUT2D eigenvalue weighted by molar-refractivity contribution is -0.162. The summed E-state index contributed by atoms with van der Waals surface area (Å²) in [6, 6.07) is 5.67. The van der Waals surface area contributed by atoms with E-state index in [1.807, 2.05) is 0 Å². The Morgan fingerprint density at radius 2 is 1.52 bits per heavy atom. The molecule has 8 nitrogen and oxygen atoms in total. The maximum Gasteiger partial charge on any atom is 0.327 e. The van der Waals surface area contributed by atoms with Crippen LogP contribution in [0, 0.1) is 0 Å². The molecule has 0 atom stereocenters. The first-order valence-electron chi connectivity index (χ1n) is 9.02. The Hall–Kier alpha value is -2.26. The summed E-state index contributed by atoms with van der Waals surface area (Å²) in [7, 11) is -3.91. The van der Waals surface area contributed by atoms with E-state index in [9.17, 15) is 22.8 Å². The number of hydrogen-bond acceptors (Lipinski definition) is 6. The van der Waals surface area contributed by atoms with E-state index in [1.54, 1.807) is 0 Å². The molecule has 0 N–H and O–H groups in total. The molecule has 4 rings (SSSR count). The zero-order chi connectivity index (χ0) is 19.2. The van der Waals surface area contributed by atoms with Gasteiger partial charge in [0.25, 0.3) is 0 Å². The van der Waals surface area contributed by atoms with Crippen LogP contribution >= 0.6 is 0 Å². The van der Waals surface area contributed by atoms with Gasteiger partial charge in [-0.15, -0.1) is 0 Å². The number of carbonyl (C=O) groups excluding carboxylic acids is 3. The van der Waals surface area contributed by atoms with Crippen molar-refractivity contribution in [1.29, 1.82) is 0 Å². The molecule has 2 heterocycles. The second-order valence-corrected chi connectivity index (χ2v) is 8.93. The average Bonchev–Trinajstić information content (AvgIpc) is 3.25. The minimum absolute atomic E-state index is 0.0336. The van der Waals surface area contributed by atoms with E-state index >= 15 is 0 Å². The number of anilines is 1. The number of cyclic esters (lactones) is 1. The summed E-state index contributed by atoms with van der Waals surface area (Å²) < 4.78 is 32.9. The predicted octanol–water partition coefficient (Wildman–Crippen LogP) is 1.20. The van der Waals surface area contributed by atoms with E-state index in [0.29, 0.717) is 18.5 Å². The molecule has 0 aromatic heterocycles. The number of rotatable bonds is 3. The lowest BCUT2D eigenvalue weighted by atomic mass is 9.97. The number of morpholine rings is 1. The minimum atomic E-state index is -3.91. The maximum atomic E-state index is 13.2. The van der Waals surface area contributed by atoms with Gasteiger partial charge in [-0.1, -0.05) is 12.8 Å². The number of hydrogen-bond donors (Lipinski definition) is 0. The molecule has 1 aromatic rings. The Bertz CT molecular complexity index is 886. The van der Waals surface area contributed by atoms with E-state index in [2.05, 4.69) is 0 Å². The smallest absolute Gasteiger partial charge is 0.327 e. The first-order chi connectivity index (χ1) is 12.9. The first-order valence-corrected chi connectivity index (χ1v) is 10.5. The maximum absolute atomic E-state index is 13.2. The van der Waals surface area contributed by atoms with Crippen LogP contribution in [-0.2, 0) is 29.1 Å². The van der Waals surface area contributed by atoms with Crippen LogP contribution in [0.15, 0.2) is 29.2 Å². The summed E-state index contributed by atoms with van der Waals surface area (Å²) in [5, 5.41) is 0. The van der Waals surface area contributed by atoms with Gasteiger partial charge in [-0.2, -0.15) is 4.31 Å². The van der Waals surface area contributed by atoms with Crippen molar-refractivity contribution in [3.63, 3.8) is 0 Å². The van der Waals surface area contributed by atoms with Crippen molar-refractivity contribution in [3.05, 3.63) is 24.3 Å².